The quantitative estimate of drug-likeness (QED) is 0.351. The Morgan fingerprint density at radius 1 is 1.20 bits per heavy atom. The molecule has 0 N–H and O–H groups in total. The number of hydrogen-bond donors (Lipinski definition) is 0. The maximum atomic E-state index is 13.0. The molecule has 0 atom stereocenters. The van der Waals surface area contributed by atoms with Crippen LogP contribution < -0.4 is 4.90 Å². The van der Waals surface area contributed by atoms with Gasteiger partial charge in [-0.1, -0.05) is 12.2 Å². The number of pyridine rings is 1. The summed E-state index contributed by atoms with van der Waals surface area (Å²) in [4.78, 5) is 18.8. The lowest BCUT2D eigenvalue weighted by molar-refractivity contribution is -0.388. The zero-order valence-corrected chi connectivity index (χ0v) is 14.8. The van der Waals surface area contributed by atoms with E-state index in [1.807, 2.05) is 4.90 Å². The smallest absolute Gasteiger partial charge is 0.301 e. The number of rotatable bonds is 3. The molecule has 1 aromatic heterocycles. The first-order valence-corrected chi connectivity index (χ1v) is 8.84. The van der Waals surface area contributed by atoms with Gasteiger partial charge in [-0.15, -0.1) is 0 Å². The molecular weight excluding hydrogens is 363 g/mol. The molecule has 130 valence electrons. The number of hydrogen-bond acceptors (Lipinski definition) is 6. The second-order valence-corrected chi connectivity index (χ2v) is 7.03. The van der Waals surface area contributed by atoms with Crippen molar-refractivity contribution in [3.05, 3.63) is 58.5 Å². The highest BCUT2D eigenvalue weighted by atomic mass is 32.2. The van der Waals surface area contributed by atoms with Gasteiger partial charge in [0.15, 0.2) is 5.03 Å². The average molecular weight is 378 g/mol. The molecule has 1 aliphatic heterocycles. The van der Waals surface area contributed by atoms with Crippen molar-refractivity contribution in [3.63, 3.8) is 0 Å². The number of nitro groups is 1. The van der Waals surface area contributed by atoms with E-state index >= 15 is 0 Å². The van der Waals surface area contributed by atoms with E-state index in [9.17, 15) is 14.5 Å². The fraction of sp³-hybridized carbons (Fsp3) is 0.250. The lowest BCUT2D eigenvalue weighted by atomic mass is 10.2. The second-order valence-electron chi connectivity index (χ2n) is 5.40. The van der Waals surface area contributed by atoms with Crippen molar-refractivity contribution in [2.24, 2.45) is 0 Å². The predicted molar refractivity (Wildman–Crippen MR) is 99.5 cm³/mol. The Labute approximate surface area is 153 Å². The van der Waals surface area contributed by atoms with Gasteiger partial charge in [0, 0.05) is 44.1 Å². The molecule has 1 aliphatic rings. The highest BCUT2D eigenvalue weighted by Crippen LogP contribution is 2.29. The first kappa shape index (κ1) is 17.6. The summed E-state index contributed by atoms with van der Waals surface area (Å²) in [6.45, 7) is 2.89. The summed E-state index contributed by atoms with van der Waals surface area (Å²) in [5.74, 6) is -0.253. The Morgan fingerprint density at radius 3 is 2.52 bits per heavy atom. The molecule has 0 amide bonds. The van der Waals surface area contributed by atoms with Crippen LogP contribution in [0.25, 0.3) is 0 Å². The fourth-order valence-electron chi connectivity index (χ4n) is 2.55. The van der Waals surface area contributed by atoms with Crippen LogP contribution in [0.4, 0.5) is 15.8 Å². The summed E-state index contributed by atoms with van der Waals surface area (Å²) in [5, 5.41) is 11.4. The third kappa shape index (κ3) is 4.23. The van der Waals surface area contributed by atoms with Crippen molar-refractivity contribution in [3.8, 4) is 0 Å². The molecule has 0 unspecified atom stereocenters. The first-order chi connectivity index (χ1) is 12.0. The number of benzene rings is 1. The van der Waals surface area contributed by atoms with Crippen LogP contribution in [-0.2, 0) is 0 Å². The molecule has 3 rings (SSSR count). The molecule has 2 aromatic rings. The van der Waals surface area contributed by atoms with Gasteiger partial charge >= 0.3 is 5.69 Å². The molecule has 0 spiro atoms. The standard InChI is InChI=1S/C16H15FN4O2S2/c17-12-3-5-13(6-4-12)19-8-10-20(11-9-19)16(24)25-15-14(21(22)23)2-1-7-18-15/h1-7H,8-11H2. The minimum Gasteiger partial charge on any atom is -0.368 e. The lowest BCUT2D eigenvalue weighted by Gasteiger charge is -2.37. The van der Waals surface area contributed by atoms with Gasteiger partial charge in [0.25, 0.3) is 0 Å². The Kier molecular flexibility index (Phi) is 5.44. The molecule has 6 nitrogen and oxygen atoms in total. The number of anilines is 1. The lowest BCUT2D eigenvalue weighted by Crippen LogP contribution is -2.47. The van der Waals surface area contributed by atoms with Gasteiger partial charge in [-0.25, -0.2) is 9.37 Å². The number of thiocarbonyl (C=S) groups is 1. The number of aromatic nitrogens is 1. The SMILES string of the molecule is O=[N+]([O-])c1cccnc1SC(=S)N1CCN(c2ccc(F)cc2)CC1. The van der Waals surface area contributed by atoms with E-state index in [1.165, 1.54) is 30.5 Å². The maximum absolute atomic E-state index is 13.0. The van der Waals surface area contributed by atoms with E-state index in [2.05, 4.69) is 9.88 Å². The summed E-state index contributed by atoms with van der Waals surface area (Å²) < 4.78 is 13.6. The topological polar surface area (TPSA) is 62.5 Å². The molecule has 9 heteroatoms. The Bertz CT molecular complexity index is 780. The van der Waals surface area contributed by atoms with E-state index in [1.54, 1.807) is 12.1 Å². The summed E-state index contributed by atoms with van der Waals surface area (Å²) in [5.41, 5.74) is 0.930. The summed E-state index contributed by atoms with van der Waals surface area (Å²) in [7, 11) is 0. The van der Waals surface area contributed by atoms with Gasteiger partial charge in [-0.05, 0) is 42.1 Å². The first-order valence-electron chi connectivity index (χ1n) is 7.61. The van der Waals surface area contributed by atoms with E-state index in [0.29, 0.717) is 22.4 Å². The molecule has 0 aliphatic carbocycles. The van der Waals surface area contributed by atoms with Crippen LogP contribution in [0, 0.1) is 15.9 Å². The normalized spacial score (nSPS) is 14.4. The van der Waals surface area contributed by atoms with E-state index in [4.69, 9.17) is 12.2 Å². The van der Waals surface area contributed by atoms with E-state index < -0.39 is 4.92 Å². The van der Waals surface area contributed by atoms with E-state index in [0.717, 1.165) is 30.5 Å². The zero-order valence-electron chi connectivity index (χ0n) is 13.2. The van der Waals surface area contributed by atoms with Crippen molar-refractivity contribution >= 4 is 39.7 Å². The predicted octanol–water partition coefficient (Wildman–Crippen LogP) is 3.33. The number of thioether (sulfide) groups is 1. The molecule has 1 saturated heterocycles. The number of piperazine rings is 1. The minimum atomic E-state index is -0.454. The van der Waals surface area contributed by atoms with Crippen LogP contribution in [-0.4, -0.2) is 45.3 Å². The molecule has 1 fully saturated rings. The van der Waals surface area contributed by atoms with Crippen LogP contribution in [0.15, 0.2) is 47.6 Å². The molecule has 25 heavy (non-hydrogen) atoms. The van der Waals surface area contributed by atoms with Gasteiger partial charge in [0.05, 0.1) is 4.92 Å². The van der Waals surface area contributed by atoms with Gasteiger partial charge in [0.1, 0.15) is 10.1 Å². The van der Waals surface area contributed by atoms with Crippen LogP contribution in [0.2, 0.25) is 0 Å². The van der Waals surface area contributed by atoms with E-state index in [-0.39, 0.29) is 11.5 Å². The molecule has 0 saturated carbocycles. The molecule has 1 aromatic carbocycles. The second kappa shape index (κ2) is 7.75. The highest BCUT2D eigenvalue weighted by molar-refractivity contribution is 8.22. The molecular formula is C16H15FN4O2S2. The van der Waals surface area contributed by atoms with Crippen molar-refractivity contribution < 1.29 is 9.31 Å². The summed E-state index contributed by atoms with van der Waals surface area (Å²) in [6.07, 6.45) is 1.52. The molecule has 0 radical (unpaired) electrons. The van der Waals surface area contributed by atoms with Crippen LogP contribution in [0.3, 0.4) is 0 Å². The van der Waals surface area contributed by atoms with Gasteiger partial charge in [-0.2, -0.15) is 0 Å². The zero-order chi connectivity index (χ0) is 17.8. The van der Waals surface area contributed by atoms with Gasteiger partial charge < -0.3 is 9.80 Å². The fourth-order valence-corrected chi connectivity index (χ4v) is 3.80. The molecule has 0 bridgehead atoms. The van der Waals surface area contributed by atoms with Crippen LogP contribution in [0.5, 0.6) is 0 Å². The minimum absolute atomic E-state index is 0.0419. The molecule has 2 heterocycles. The highest BCUT2D eigenvalue weighted by Gasteiger charge is 2.23. The largest absolute Gasteiger partial charge is 0.368 e. The average Bonchev–Trinajstić information content (AvgIpc) is 2.63. The third-order valence-electron chi connectivity index (χ3n) is 3.86. The Balaban J connectivity index is 1.60. The van der Waals surface area contributed by atoms with Crippen molar-refractivity contribution in [1.82, 2.24) is 9.88 Å². The monoisotopic (exact) mass is 378 g/mol. The van der Waals surface area contributed by atoms with Gasteiger partial charge in [0.2, 0.25) is 0 Å². The number of halogens is 1. The van der Waals surface area contributed by atoms with Crippen LogP contribution in [0.1, 0.15) is 0 Å². The van der Waals surface area contributed by atoms with Crippen molar-refractivity contribution in [1.29, 1.82) is 0 Å². The maximum Gasteiger partial charge on any atom is 0.301 e. The Hall–Kier alpha value is -2.26. The third-order valence-corrected chi connectivity index (χ3v) is 5.31. The summed E-state index contributed by atoms with van der Waals surface area (Å²) >= 11 is 6.57. The number of nitrogens with zero attached hydrogens (tertiary/aromatic N) is 4. The van der Waals surface area contributed by atoms with Gasteiger partial charge in [-0.3, -0.25) is 10.1 Å². The van der Waals surface area contributed by atoms with Crippen molar-refractivity contribution in [2.75, 3.05) is 31.1 Å². The summed E-state index contributed by atoms with van der Waals surface area (Å²) in [6, 6.07) is 9.37. The Morgan fingerprint density at radius 2 is 1.88 bits per heavy atom. The van der Waals surface area contributed by atoms with Crippen molar-refractivity contribution in [2.45, 2.75) is 5.03 Å². The van der Waals surface area contributed by atoms with Crippen LogP contribution >= 0.6 is 24.0 Å².